The van der Waals surface area contributed by atoms with Gasteiger partial charge < -0.3 is 10.2 Å². The first-order valence-corrected chi connectivity index (χ1v) is 8.59. The van der Waals surface area contributed by atoms with E-state index in [0.29, 0.717) is 5.06 Å². The molecule has 0 bridgehead atoms. The third-order valence-electron chi connectivity index (χ3n) is 3.51. The van der Waals surface area contributed by atoms with Crippen LogP contribution in [0.1, 0.15) is 19.3 Å². The van der Waals surface area contributed by atoms with Gasteiger partial charge in [0.15, 0.2) is 0 Å². The van der Waals surface area contributed by atoms with Crippen molar-refractivity contribution >= 4 is 41.3 Å². The third-order valence-corrected chi connectivity index (χ3v) is 4.48. The summed E-state index contributed by atoms with van der Waals surface area (Å²) in [5.74, 6) is -2.85. The molecule has 2 rings (SSSR count). The number of amides is 3. The monoisotopic (exact) mass is 396 g/mol. The maximum Gasteiger partial charge on any atom is 0.351 e. The van der Waals surface area contributed by atoms with E-state index in [9.17, 15) is 29.3 Å². The lowest BCUT2D eigenvalue weighted by Crippen LogP contribution is -2.43. The largest absolute Gasteiger partial charge is 0.359 e. The molecule has 27 heavy (non-hydrogen) atoms. The topological polar surface area (TPSA) is 148 Å². The average molecular weight is 396 g/mol. The van der Waals surface area contributed by atoms with Crippen LogP contribution in [0.5, 0.6) is 0 Å². The minimum absolute atomic E-state index is 0.0649. The lowest BCUT2D eigenvalue weighted by Gasteiger charge is -2.19. The average Bonchev–Trinajstić information content (AvgIpc) is 2.96. The molecule has 1 heterocycles. The maximum atomic E-state index is 12.3. The van der Waals surface area contributed by atoms with Crippen LogP contribution in [-0.2, 0) is 24.0 Å². The van der Waals surface area contributed by atoms with Gasteiger partial charge in [0.1, 0.15) is 10.9 Å². The van der Waals surface area contributed by atoms with Crippen LogP contribution in [0.3, 0.4) is 0 Å². The summed E-state index contributed by atoms with van der Waals surface area (Å²) in [6.45, 7) is 0. The number of para-hydroxylation sites is 1. The van der Waals surface area contributed by atoms with Gasteiger partial charge in [0, 0.05) is 26.0 Å². The van der Waals surface area contributed by atoms with Gasteiger partial charge in [-0.3, -0.25) is 24.5 Å². The SMILES string of the molecule is CNC(=O)C[C@@H](NSc1ccccc1[N+](=O)[O-])C(=O)ON1C(=O)CCC1=O. The Bertz CT molecular complexity index is 769. The molecule has 2 N–H and O–H groups in total. The van der Waals surface area contributed by atoms with Gasteiger partial charge in [-0.25, -0.2) is 9.52 Å². The Morgan fingerprint density at radius 2 is 1.93 bits per heavy atom. The second-order valence-corrected chi connectivity index (χ2v) is 6.25. The quantitative estimate of drug-likeness (QED) is 0.274. The zero-order valence-electron chi connectivity index (χ0n) is 14.2. The molecular formula is C15H16N4O7S. The zero-order chi connectivity index (χ0) is 20.0. The van der Waals surface area contributed by atoms with Crippen LogP contribution in [0.2, 0.25) is 0 Å². The normalized spacial score (nSPS) is 14.8. The molecule has 1 fully saturated rings. The van der Waals surface area contributed by atoms with Crippen LogP contribution >= 0.6 is 11.9 Å². The van der Waals surface area contributed by atoms with E-state index in [-0.39, 0.29) is 29.8 Å². The van der Waals surface area contributed by atoms with Crippen LogP contribution in [0.4, 0.5) is 5.69 Å². The predicted octanol–water partition coefficient (Wildman–Crippen LogP) is 0.303. The fraction of sp³-hybridized carbons (Fsp3) is 0.333. The molecule has 1 aliphatic rings. The first-order valence-electron chi connectivity index (χ1n) is 7.77. The first-order chi connectivity index (χ1) is 12.8. The van der Waals surface area contributed by atoms with E-state index >= 15 is 0 Å². The van der Waals surface area contributed by atoms with Gasteiger partial charge in [-0.15, -0.1) is 5.06 Å². The molecule has 0 saturated carbocycles. The number of hydroxylamine groups is 2. The Hall–Kier alpha value is -2.99. The van der Waals surface area contributed by atoms with E-state index < -0.39 is 34.7 Å². The number of carbonyl (C=O) groups excluding carboxylic acids is 4. The van der Waals surface area contributed by atoms with Crippen LogP contribution in [-0.4, -0.2) is 46.8 Å². The molecule has 1 aromatic carbocycles. The van der Waals surface area contributed by atoms with Crippen LogP contribution < -0.4 is 10.0 Å². The molecular weight excluding hydrogens is 380 g/mol. The molecule has 11 nitrogen and oxygen atoms in total. The Morgan fingerprint density at radius 3 is 2.52 bits per heavy atom. The predicted molar refractivity (Wildman–Crippen MR) is 91.7 cm³/mol. The molecule has 1 saturated heterocycles. The smallest absolute Gasteiger partial charge is 0.351 e. The van der Waals surface area contributed by atoms with E-state index in [4.69, 9.17) is 4.84 Å². The Labute approximate surface area is 157 Å². The highest BCUT2D eigenvalue weighted by molar-refractivity contribution is 7.97. The molecule has 12 heteroatoms. The van der Waals surface area contributed by atoms with Crippen molar-refractivity contribution in [1.82, 2.24) is 15.1 Å². The van der Waals surface area contributed by atoms with Crippen LogP contribution in [0, 0.1) is 10.1 Å². The maximum absolute atomic E-state index is 12.3. The van der Waals surface area contributed by atoms with Gasteiger partial charge in [0.25, 0.3) is 17.5 Å². The molecule has 1 aliphatic heterocycles. The van der Waals surface area contributed by atoms with Crippen molar-refractivity contribution in [3.63, 3.8) is 0 Å². The second kappa shape index (κ2) is 9.09. The highest BCUT2D eigenvalue weighted by Crippen LogP contribution is 2.27. The van der Waals surface area contributed by atoms with E-state index in [2.05, 4.69) is 10.0 Å². The number of rotatable bonds is 8. The number of hydrogen-bond acceptors (Lipinski definition) is 9. The summed E-state index contributed by atoms with van der Waals surface area (Å²) in [6.07, 6.45) is -0.492. The summed E-state index contributed by atoms with van der Waals surface area (Å²) in [6, 6.07) is 4.56. The van der Waals surface area contributed by atoms with E-state index in [1.807, 2.05) is 0 Å². The Balaban J connectivity index is 2.11. The van der Waals surface area contributed by atoms with Gasteiger partial charge in [0.2, 0.25) is 5.91 Å². The lowest BCUT2D eigenvalue weighted by molar-refractivity contribution is -0.387. The van der Waals surface area contributed by atoms with E-state index in [0.717, 1.165) is 11.9 Å². The fourth-order valence-corrected chi connectivity index (χ4v) is 2.94. The number of carbonyl (C=O) groups is 4. The number of imide groups is 1. The standard InChI is InChI=1S/C15H16N4O7S/c1-16-12(20)8-9(15(23)26-18-13(21)6-7-14(18)22)17-27-11-5-3-2-4-10(11)19(24)25/h2-5,9,17H,6-8H2,1H3,(H,16,20)/t9-/m1/s1. The van der Waals surface area contributed by atoms with Crippen molar-refractivity contribution in [3.05, 3.63) is 34.4 Å². The second-order valence-electron chi connectivity index (χ2n) is 5.37. The highest BCUT2D eigenvalue weighted by atomic mass is 32.2. The van der Waals surface area contributed by atoms with Crippen molar-refractivity contribution in [2.24, 2.45) is 0 Å². The summed E-state index contributed by atoms with van der Waals surface area (Å²) in [4.78, 5) is 62.6. The number of hydrogen-bond donors (Lipinski definition) is 2. The molecule has 0 aromatic heterocycles. The van der Waals surface area contributed by atoms with Crippen molar-refractivity contribution in [2.75, 3.05) is 7.05 Å². The van der Waals surface area contributed by atoms with Gasteiger partial charge in [0.05, 0.1) is 11.3 Å². The molecule has 3 amide bonds. The van der Waals surface area contributed by atoms with Gasteiger partial charge in [-0.05, 0) is 18.0 Å². The van der Waals surface area contributed by atoms with Crippen molar-refractivity contribution in [3.8, 4) is 0 Å². The van der Waals surface area contributed by atoms with Crippen LogP contribution in [0.25, 0.3) is 0 Å². The minimum atomic E-state index is -1.25. The van der Waals surface area contributed by atoms with E-state index in [1.165, 1.54) is 25.2 Å². The number of nitro groups is 1. The summed E-state index contributed by atoms with van der Waals surface area (Å²) < 4.78 is 2.63. The number of benzene rings is 1. The lowest BCUT2D eigenvalue weighted by atomic mass is 10.2. The van der Waals surface area contributed by atoms with Crippen molar-refractivity contribution in [1.29, 1.82) is 0 Å². The molecule has 144 valence electrons. The minimum Gasteiger partial charge on any atom is -0.359 e. The van der Waals surface area contributed by atoms with Gasteiger partial charge >= 0.3 is 5.97 Å². The fourth-order valence-electron chi connectivity index (χ4n) is 2.10. The van der Waals surface area contributed by atoms with Crippen LogP contribution in [0.15, 0.2) is 29.2 Å². The Morgan fingerprint density at radius 1 is 1.30 bits per heavy atom. The van der Waals surface area contributed by atoms with Crippen molar-refractivity contribution in [2.45, 2.75) is 30.2 Å². The number of nitrogens with zero attached hydrogens (tertiary/aromatic N) is 2. The summed E-state index contributed by atoms with van der Waals surface area (Å²) in [5, 5.41) is 13.8. The molecule has 0 aliphatic carbocycles. The molecule has 0 spiro atoms. The van der Waals surface area contributed by atoms with Crippen molar-refractivity contribution < 1.29 is 28.9 Å². The number of nitrogens with one attached hydrogen (secondary N) is 2. The molecule has 1 aromatic rings. The van der Waals surface area contributed by atoms with E-state index in [1.54, 1.807) is 6.07 Å². The van der Waals surface area contributed by atoms with Gasteiger partial charge in [-0.1, -0.05) is 12.1 Å². The number of nitro benzene ring substituents is 1. The third kappa shape index (κ3) is 5.24. The zero-order valence-corrected chi connectivity index (χ0v) is 15.0. The highest BCUT2D eigenvalue weighted by Gasteiger charge is 2.35. The molecule has 0 radical (unpaired) electrons. The summed E-state index contributed by atoms with van der Waals surface area (Å²) in [7, 11) is 1.37. The Kier molecular flexibility index (Phi) is 6.85. The summed E-state index contributed by atoms with van der Waals surface area (Å²) in [5.41, 5.74) is -0.188. The molecule has 0 unspecified atom stereocenters. The molecule has 1 atom stereocenters. The first kappa shape index (κ1) is 20.3. The van der Waals surface area contributed by atoms with Gasteiger partial charge in [-0.2, -0.15) is 0 Å². The summed E-state index contributed by atoms with van der Waals surface area (Å²) >= 11 is 0.763.